The van der Waals surface area contributed by atoms with E-state index in [0.717, 1.165) is 8.95 Å². The molecule has 0 atom stereocenters. The summed E-state index contributed by atoms with van der Waals surface area (Å²) in [6, 6.07) is 43.1. The van der Waals surface area contributed by atoms with Crippen LogP contribution in [0, 0.1) is 31.3 Å². The van der Waals surface area contributed by atoms with Gasteiger partial charge in [0.15, 0.2) is 0 Å². The van der Waals surface area contributed by atoms with Gasteiger partial charge in [0.25, 0.3) is 0 Å². The van der Waals surface area contributed by atoms with E-state index >= 15 is 0 Å². The van der Waals surface area contributed by atoms with Gasteiger partial charge in [0, 0.05) is 50.8 Å². The molecule has 2 nitrogen and oxygen atoms in total. The Balaban J connectivity index is 0.000000134. The van der Waals surface area contributed by atoms with Crippen LogP contribution in [0.5, 0.6) is 0 Å². The van der Waals surface area contributed by atoms with E-state index in [2.05, 4.69) is 201 Å². The van der Waals surface area contributed by atoms with E-state index in [1.54, 1.807) is 0 Å². The molecule has 0 saturated heterocycles. The maximum absolute atomic E-state index is 3.52. The van der Waals surface area contributed by atoms with Gasteiger partial charge in [0.1, 0.15) is 0 Å². The Kier molecular flexibility index (Phi) is 9.50. The molecule has 0 spiro atoms. The predicted octanol–water partition coefficient (Wildman–Crippen LogP) is 13.2. The van der Waals surface area contributed by atoms with Crippen molar-refractivity contribution in [3.63, 3.8) is 0 Å². The van der Waals surface area contributed by atoms with Gasteiger partial charge in [-0.15, -0.1) is 0 Å². The number of H-pyrrole nitrogens is 1. The average Bonchev–Trinajstić information content (AvgIpc) is 3.54. The fraction of sp³-hybridized carbons (Fsp3) is 0.100. The van der Waals surface area contributed by atoms with Gasteiger partial charge in [0.2, 0.25) is 0 Å². The second-order valence-electron chi connectivity index (χ2n) is 11.5. The number of aromatic nitrogens is 2. The van der Waals surface area contributed by atoms with E-state index in [1.807, 2.05) is 12.1 Å². The first-order valence-corrected chi connectivity index (χ1v) is 17.5. The summed E-state index contributed by atoms with van der Waals surface area (Å²) in [6.45, 7) is 8.57. The van der Waals surface area contributed by atoms with Crippen LogP contribution < -0.4 is 0 Å². The SMILES string of the molecule is Brc1ccc(I)cc1.Cc1ccc2[nH]c3ccc(C)cc3c2c1.Cc1ccc2c(c1)c1cc(C)ccc1n2-c1ccc(Br)cc1. The van der Waals surface area contributed by atoms with Crippen LogP contribution in [0.25, 0.3) is 49.3 Å². The Labute approximate surface area is 294 Å². The zero-order valence-electron chi connectivity index (χ0n) is 25.6. The Hall–Kier alpha value is -3.39. The number of aryl methyl sites for hydroxylation is 4. The highest BCUT2D eigenvalue weighted by Gasteiger charge is 2.12. The van der Waals surface area contributed by atoms with Crippen LogP contribution in [-0.2, 0) is 0 Å². The third-order valence-corrected chi connectivity index (χ3v) is 9.65. The molecule has 0 fully saturated rings. The maximum Gasteiger partial charge on any atom is 0.0541 e. The van der Waals surface area contributed by atoms with Crippen molar-refractivity contribution in [2.75, 3.05) is 0 Å². The number of halogens is 3. The van der Waals surface area contributed by atoms with E-state index < -0.39 is 0 Å². The lowest BCUT2D eigenvalue weighted by Gasteiger charge is -2.08. The fourth-order valence-corrected chi connectivity index (χ4v) is 6.56. The Bertz CT molecular complexity index is 2140. The van der Waals surface area contributed by atoms with Gasteiger partial charge < -0.3 is 9.55 Å². The minimum atomic E-state index is 1.10. The fourth-order valence-electron chi connectivity index (χ4n) is 5.67. The molecule has 6 aromatic carbocycles. The van der Waals surface area contributed by atoms with Crippen molar-refractivity contribution >= 4 is 98.1 Å². The molecule has 0 aliphatic heterocycles. The highest BCUT2D eigenvalue weighted by atomic mass is 127. The molecule has 224 valence electrons. The molecule has 2 aromatic heterocycles. The van der Waals surface area contributed by atoms with E-state index in [4.69, 9.17) is 0 Å². The van der Waals surface area contributed by atoms with Crippen molar-refractivity contribution in [3.8, 4) is 5.69 Å². The third kappa shape index (κ3) is 7.06. The molecule has 0 bridgehead atoms. The van der Waals surface area contributed by atoms with Gasteiger partial charge in [-0.2, -0.15) is 0 Å². The Morgan fingerprint density at radius 2 is 0.844 bits per heavy atom. The molecule has 2 heterocycles. The molecule has 0 amide bonds. The lowest BCUT2D eigenvalue weighted by Crippen LogP contribution is -1.93. The molecule has 5 heteroatoms. The second kappa shape index (κ2) is 13.5. The number of fused-ring (bicyclic) bond motifs is 6. The predicted molar refractivity (Wildman–Crippen MR) is 210 cm³/mol. The van der Waals surface area contributed by atoms with Crippen LogP contribution in [0.2, 0.25) is 0 Å². The largest absolute Gasteiger partial charge is 0.355 e. The van der Waals surface area contributed by atoms with Crippen LogP contribution in [0.1, 0.15) is 22.3 Å². The number of hydrogen-bond donors (Lipinski definition) is 1. The standard InChI is InChI=1S/C20H16BrN.C14H13N.C6H4BrI/c1-13-3-9-19-17(11-13)18-12-14(2)4-10-20(18)22(19)16-7-5-15(21)6-8-16;1-9-3-5-13-11(7-9)12-8-10(2)4-6-14(12)15-13;7-5-1-3-6(8)4-2-5/h3-12H,1-2H3;3-8,15H,1-2H3;1-4H. The van der Waals surface area contributed by atoms with Crippen LogP contribution in [-0.4, -0.2) is 9.55 Å². The van der Waals surface area contributed by atoms with Crippen molar-refractivity contribution in [2.45, 2.75) is 27.7 Å². The molecule has 0 aliphatic rings. The van der Waals surface area contributed by atoms with E-state index in [0.29, 0.717) is 0 Å². The number of benzene rings is 6. The molecule has 8 rings (SSSR count). The summed E-state index contributed by atoms with van der Waals surface area (Å²) in [4.78, 5) is 3.43. The third-order valence-electron chi connectivity index (χ3n) is 7.87. The van der Waals surface area contributed by atoms with E-state index in [1.165, 1.54) is 75.1 Å². The summed E-state index contributed by atoms with van der Waals surface area (Å²) in [5, 5.41) is 5.30. The van der Waals surface area contributed by atoms with Gasteiger partial charge in [-0.3, -0.25) is 0 Å². The van der Waals surface area contributed by atoms with Crippen LogP contribution >= 0.6 is 54.5 Å². The number of rotatable bonds is 1. The monoisotopic (exact) mass is 826 g/mol. The Morgan fingerprint density at radius 1 is 0.467 bits per heavy atom. The van der Waals surface area contributed by atoms with Crippen LogP contribution in [0.4, 0.5) is 0 Å². The minimum Gasteiger partial charge on any atom is -0.355 e. The van der Waals surface area contributed by atoms with Crippen LogP contribution in [0.15, 0.2) is 130 Å². The van der Waals surface area contributed by atoms with Crippen molar-refractivity contribution < 1.29 is 0 Å². The molecular formula is C40H33Br2IN2. The number of aromatic amines is 1. The lowest BCUT2D eigenvalue weighted by molar-refractivity contribution is 1.18. The van der Waals surface area contributed by atoms with Crippen molar-refractivity contribution in [3.05, 3.63) is 156 Å². The topological polar surface area (TPSA) is 20.7 Å². The maximum atomic E-state index is 3.52. The van der Waals surface area contributed by atoms with Gasteiger partial charge >= 0.3 is 0 Å². The van der Waals surface area contributed by atoms with Crippen molar-refractivity contribution in [1.29, 1.82) is 0 Å². The summed E-state index contributed by atoms with van der Waals surface area (Å²) < 4.78 is 5.85. The number of nitrogens with one attached hydrogen (secondary N) is 1. The van der Waals surface area contributed by atoms with Crippen LogP contribution in [0.3, 0.4) is 0 Å². The van der Waals surface area contributed by atoms with E-state index in [-0.39, 0.29) is 0 Å². The first-order chi connectivity index (χ1) is 21.7. The zero-order chi connectivity index (χ0) is 31.7. The molecule has 8 aromatic rings. The highest BCUT2D eigenvalue weighted by Crippen LogP contribution is 2.33. The summed E-state index contributed by atoms with van der Waals surface area (Å²) in [7, 11) is 0. The van der Waals surface area contributed by atoms with Gasteiger partial charge in [-0.25, -0.2) is 0 Å². The number of nitrogens with zero attached hydrogens (tertiary/aromatic N) is 1. The molecule has 0 unspecified atom stereocenters. The molecule has 0 saturated carbocycles. The quantitative estimate of drug-likeness (QED) is 0.159. The molecule has 0 aliphatic carbocycles. The summed E-state index contributed by atoms with van der Waals surface area (Å²) >= 11 is 9.14. The first-order valence-electron chi connectivity index (χ1n) is 14.8. The minimum absolute atomic E-state index is 1.10. The summed E-state index contributed by atoms with van der Waals surface area (Å²) in [5.74, 6) is 0. The molecule has 1 N–H and O–H groups in total. The smallest absolute Gasteiger partial charge is 0.0541 e. The highest BCUT2D eigenvalue weighted by molar-refractivity contribution is 14.1. The van der Waals surface area contributed by atoms with Gasteiger partial charge in [-0.05, 0) is 147 Å². The molecule has 0 radical (unpaired) electrons. The van der Waals surface area contributed by atoms with Crippen molar-refractivity contribution in [2.24, 2.45) is 0 Å². The van der Waals surface area contributed by atoms with Crippen molar-refractivity contribution in [1.82, 2.24) is 9.55 Å². The second-order valence-corrected chi connectivity index (χ2v) is 14.6. The Morgan fingerprint density at radius 3 is 1.27 bits per heavy atom. The van der Waals surface area contributed by atoms with Gasteiger partial charge in [0.05, 0.1) is 11.0 Å². The summed E-state index contributed by atoms with van der Waals surface area (Å²) in [6.07, 6.45) is 0. The normalized spacial score (nSPS) is 11.0. The molecule has 45 heavy (non-hydrogen) atoms. The number of hydrogen-bond acceptors (Lipinski definition) is 0. The zero-order valence-corrected chi connectivity index (χ0v) is 31.0. The first kappa shape index (κ1) is 31.6. The molecular weight excluding hydrogens is 795 g/mol. The van der Waals surface area contributed by atoms with E-state index in [9.17, 15) is 0 Å². The summed E-state index contributed by atoms with van der Waals surface area (Å²) in [5.41, 5.74) is 11.4. The average molecular weight is 828 g/mol. The lowest BCUT2D eigenvalue weighted by atomic mass is 10.1. The van der Waals surface area contributed by atoms with Gasteiger partial charge in [-0.1, -0.05) is 78.4 Å².